The van der Waals surface area contributed by atoms with E-state index in [1.54, 1.807) is 12.1 Å². The molecule has 0 saturated carbocycles. The Morgan fingerprint density at radius 2 is 1.70 bits per heavy atom. The molecule has 0 amide bonds. The van der Waals surface area contributed by atoms with Crippen molar-refractivity contribution in [1.29, 1.82) is 0 Å². The molecular formula is C7H7ClOS. The van der Waals surface area contributed by atoms with Gasteiger partial charge < -0.3 is 0 Å². The van der Waals surface area contributed by atoms with Crippen LogP contribution in [0.4, 0.5) is 0 Å². The van der Waals surface area contributed by atoms with Gasteiger partial charge >= 0.3 is 0 Å². The zero-order valence-corrected chi connectivity index (χ0v) is 6.86. The van der Waals surface area contributed by atoms with Crippen molar-refractivity contribution in [2.24, 2.45) is 0 Å². The maximum atomic E-state index is 10.5. The van der Waals surface area contributed by atoms with E-state index in [1.807, 2.05) is 18.2 Å². The van der Waals surface area contributed by atoms with E-state index >= 15 is 0 Å². The summed E-state index contributed by atoms with van der Waals surface area (Å²) in [5, 5.41) is -0.185. The van der Waals surface area contributed by atoms with Crippen molar-refractivity contribution in [2.75, 3.05) is 0 Å². The van der Waals surface area contributed by atoms with Crippen molar-refractivity contribution in [2.45, 2.75) is 0 Å². The summed E-state index contributed by atoms with van der Waals surface area (Å²) in [6.45, 7) is 0. The Morgan fingerprint density at radius 1 is 1.20 bits per heavy atom. The molecule has 0 aliphatic heterocycles. The van der Waals surface area contributed by atoms with E-state index in [1.165, 1.54) is 0 Å². The molecule has 0 heterocycles. The van der Waals surface area contributed by atoms with Crippen LogP contribution in [0.15, 0.2) is 30.3 Å². The number of rotatable bonds is 1. The molecule has 1 rings (SSSR count). The molecule has 0 atom stereocenters. The summed E-state index contributed by atoms with van der Waals surface area (Å²) in [6, 6.07) is 8.94. The molecule has 0 aliphatic rings. The zero-order chi connectivity index (χ0) is 6.69. The van der Waals surface area contributed by atoms with Crippen LogP contribution in [0.5, 0.6) is 0 Å². The first kappa shape index (κ1) is 9.53. The Balaban J connectivity index is 0.000000810. The van der Waals surface area contributed by atoms with E-state index in [-0.39, 0.29) is 17.5 Å². The van der Waals surface area contributed by atoms with Gasteiger partial charge in [0.05, 0.1) is 0 Å². The first-order valence-electron chi connectivity index (χ1n) is 2.59. The zero-order valence-electron chi connectivity index (χ0n) is 5.15. The molecule has 0 bridgehead atoms. The molecule has 0 spiro atoms. The SMILES string of the molecule is Cl.O=C(S)c1ccccc1. The van der Waals surface area contributed by atoms with Crippen molar-refractivity contribution in [1.82, 2.24) is 0 Å². The second kappa shape index (κ2) is 4.36. The molecule has 1 nitrogen and oxygen atoms in total. The third-order valence-corrected chi connectivity index (χ3v) is 1.28. The van der Waals surface area contributed by atoms with Crippen molar-refractivity contribution < 1.29 is 4.79 Å². The summed E-state index contributed by atoms with van der Waals surface area (Å²) in [7, 11) is 0. The number of hydrogen-bond acceptors (Lipinski definition) is 1. The second-order valence-corrected chi connectivity index (χ2v) is 2.08. The van der Waals surface area contributed by atoms with Gasteiger partial charge in [0.1, 0.15) is 0 Å². The highest BCUT2D eigenvalue weighted by molar-refractivity contribution is 7.97. The molecule has 10 heavy (non-hydrogen) atoms. The van der Waals surface area contributed by atoms with Crippen LogP contribution in [0.3, 0.4) is 0 Å². The number of hydrogen-bond donors (Lipinski definition) is 1. The fourth-order valence-electron chi connectivity index (χ4n) is 0.581. The third kappa shape index (κ3) is 2.42. The highest BCUT2D eigenvalue weighted by atomic mass is 35.5. The number of halogens is 1. The van der Waals surface area contributed by atoms with Crippen LogP contribution in [0.25, 0.3) is 0 Å². The third-order valence-electron chi connectivity index (χ3n) is 1.02. The van der Waals surface area contributed by atoms with Crippen LogP contribution in [-0.4, -0.2) is 5.12 Å². The molecule has 1 aromatic rings. The Hall–Kier alpha value is -0.470. The lowest BCUT2D eigenvalue weighted by atomic mass is 10.2. The van der Waals surface area contributed by atoms with Gasteiger partial charge in [-0.15, -0.1) is 25.0 Å². The van der Waals surface area contributed by atoms with Gasteiger partial charge in [0.15, 0.2) is 0 Å². The summed E-state index contributed by atoms with van der Waals surface area (Å²) >= 11 is 3.65. The Labute approximate surface area is 71.3 Å². The van der Waals surface area contributed by atoms with Gasteiger partial charge in [-0.3, -0.25) is 4.79 Å². The highest BCUT2D eigenvalue weighted by Gasteiger charge is 1.94. The minimum absolute atomic E-state index is 0. The van der Waals surface area contributed by atoms with E-state index in [2.05, 4.69) is 12.6 Å². The lowest BCUT2D eigenvalue weighted by Gasteiger charge is -1.88. The van der Waals surface area contributed by atoms with Crippen LogP contribution < -0.4 is 0 Å². The van der Waals surface area contributed by atoms with Crippen LogP contribution >= 0.6 is 25.0 Å². The number of benzene rings is 1. The highest BCUT2D eigenvalue weighted by Crippen LogP contribution is 2.00. The molecule has 0 radical (unpaired) electrons. The predicted molar refractivity (Wildman–Crippen MR) is 47.0 cm³/mol. The van der Waals surface area contributed by atoms with Crippen molar-refractivity contribution in [3.05, 3.63) is 35.9 Å². The van der Waals surface area contributed by atoms with Gasteiger partial charge in [-0.2, -0.15) is 0 Å². The summed E-state index contributed by atoms with van der Waals surface area (Å²) in [6.07, 6.45) is 0. The lowest BCUT2D eigenvalue weighted by Crippen LogP contribution is -1.84. The normalized spacial score (nSPS) is 8.10. The van der Waals surface area contributed by atoms with Crippen LogP contribution in [0.2, 0.25) is 0 Å². The average molecular weight is 175 g/mol. The maximum Gasteiger partial charge on any atom is 0.216 e. The molecule has 0 fully saturated rings. The van der Waals surface area contributed by atoms with Gasteiger partial charge in [-0.1, -0.05) is 30.3 Å². The van der Waals surface area contributed by atoms with E-state index in [4.69, 9.17) is 0 Å². The summed E-state index contributed by atoms with van der Waals surface area (Å²) in [5.41, 5.74) is 0.640. The largest absolute Gasteiger partial charge is 0.282 e. The predicted octanol–water partition coefficient (Wildman–Crippen LogP) is 2.18. The molecule has 0 unspecified atom stereocenters. The van der Waals surface area contributed by atoms with Crippen molar-refractivity contribution in [3.63, 3.8) is 0 Å². The molecule has 54 valence electrons. The lowest BCUT2D eigenvalue weighted by molar-refractivity contribution is 0.109. The quantitative estimate of drug-likeness (QED) is 0.646. The van der Waals surface area contributed by atoms with Gasteiger partial charge in [0, 0.05) is 5.56 Å². The molecule has 0 aromatic heterocycles. The van der Waals surface area contributed by atoms with Crippen LogP contribution in [0.1, 0.15) is 10.4 Å². The summed E-state index contributed by atoms with van der Waals surface area (Å²) < 4.78 is 0. The maximum absolute atomic E-state index is 10.5. The van der Waals surface area contributed by atoms with Gasteiger partial charge in [-0.25, -0.2) is 0 Å². The molecular weight excluding hydrogens is 168 g/mol. The Morgan fingerprint density at radius 3 is 2.00 bits per heavy atom. The first-order chi connectivity index (χ1) is 4.30. The van der Waals surface area contributed by atoms with Crippen molar-refractivity contribution in [3.8, 4) is 0 Å². The molecule has 0 aliphatic carbocycles. The molecule has 1 aromatic carbocycles. The second-order valence-electron chi connectivity index (χ2n) is 1.67. The number of carbonyl (C=O) groups is 1. The van der Waals surface area contributed by atoms with Crippen molar-refractivity contribution >= 4 is 30.2 Å². The minimum atomic E-state index is -0.185. The number of carbonyl (C=O) groups excluding carboxylic acids is 1. The standard InChI is InChI=1S/C7H6OS.ClH/c8-7(9)6-4-2-1-3-5-6;/h1-5H,(H,8,9);1H. The molecule has 0 saturated heterocycles. The Bertz CT molecular complexity index is 210. The first-order valence-corrected chi connectivity index (χ1v) is 3.04. The molecule has 0 N–H and O–H groups in total. The number of thiol groups is 1. The minimum Gasteiger partial charge on any atom is -0.282 e. The average Bonchev–Trinajstić information content (AvgIpc) is 1.90. The fourth-order valence-corrected chi connectivity index (χ4v) is 0.730. The van der Waals surface area contributed by atoms with Crippen LogP contribution in [-0.2, 0) is 0 Å². The van der Waals surface area contributed by atoms with E-state index in [0.29, 0.717) is 5.56 Å². The smallest absolute Gasteiger partial charge is 0.216 e. The van der Waals surface area contributed by atoms with E-state index < -0.39 is 0 Å². The Kier molecular flexibility index (Phi) is 4.16. The topological polar surface area (TPSA) is 17.1 Å². The summed E-state index contributed by atoms with van der Waals surface area (Å²) in [4.78, 5) is 10.5. The van der Waals surface area contributed by atoms with E-state index in [0.717, 1.165) is 0 Å². The summed E-state index contributed by atoms with van der Waals surface area (Å²) in [5.74, 6) is 0. The van der Waals surface area contributed by atoms with Gasteiger partial charge in [0.25, 0.3) is 0 Å². The van der Waals surface area contributed by atoms with Gasteiger partial charge in [0.2, 0.25) is 5.12 Å². The van der Waals surface area contributed by atoms with E-state index in [9.17, 15) is 4.79 Å². The molecule has 3 heteroatoms. The van der Waals surface area contributed by atoms with Crippen LogP contribution in [0, 0.1) is 0 Å². The van der Waals surface area contributed by atoms with Gasteiger partial charge in [-0.05, 0) is 0 Å². The fraction of sp³-hybridized carbons (Fsp3) is 0. The monoisotopic (exact) mass is 174 g/mol.